The molecule has 3 rings (SSSR count). The number of anilines is 1. The van der Waals surface area contributed by atoms with Crippen molar-refractivity contribution in [1.29, 1.82) is 0 Å². The summed E-state index contributed by atoms with van der Waals surface area (Å²) < 4.78 is 0. The molecule has 1 aliphatic heterocycles. The third kappa shape index (κ3) is 1.36. The van der Waals surface area contributed by atoms with Crippen LogP contribution in [-0.2, 0) is 6.42 Å². The largest absolute Gasteiger partial charge is 0.388 e. The Hall–Kier alpha value is -1.02. The van der Waals surface area contributed by atoms with Gasteiger partial charge in [0.1, 0.15) is 0 Å². The number of benzene rings is 1. The normalized spacial score (nSPS) is 38.0. The summed E-state index contributed by atoms with van der Waals surface area (Å²) in [6.07, 6.45) is 2.86. The van der Waals surface area contributed by atoms with Crippen LogP contribution in [0.1, 0.15) is 25.3 Å². The van der Waals surface area contributed by atoms with Gasteiger partial charge in [0.25, 0.3) is 0 Å². The zero-order valence-corrected chi connectivity index (χ0v) is 9.03. The lowest BCUT2D eigenvalue weighted by Crippen LogP contribution is -2.54. The molecule has 2 nitrogen and oxygen atoms in total. The third-order valence-electron chi connectivity index (χ3n) is 3.82. The fraction of sp³-hybridized carbons (Fsp3) is 0.538. The van der Waals surface area contributed by atoms with E-state index in [2.05, 4.69) is 30.4 Å². The van der Waals surface area contributed by atoms with Crippen molar-refractivity contribution in [3.63, 3.8) is 0 Å². The molecule has 1 atom stereocenters. The van der Waals surface area contributed by atoms with Gasteiger partial charge in [-0.05, 0) is 36.8 Å². The summed E-state index contributed by atoms with van der Waals surface area (Å²) in [5, 5.41) is 13.8. The van der Waals surface area contributed by atoms with Crippen LogP contribution in [0.3, 0.4) is 0 Å². The van der Waals surface area contributed by atoms with Gasteiger partial charge in [0, 0.05) is 5.69 Å². The minimum Gasteiger partial charge on any atom is -0.388 e. The van der Waals surface area contributed by atoms with E-state index >= 15 is 0 Å². The number of hydrogen-bond donors (Lipinski definition) is 2. The fourth-order valence-electron chi connectivity index (χ4n) is 3.05. The van der Waals surface area contributed by atoms with E-state index in [1.165, 1.54) is 11.3 Å². The molecule has 0 bridgehead atoms. The van der Waals surface area contributed by atoms with E-state index in [4.69, 9.17) is 0 Å². The number of nitrogens with one attached hydrogen (secondary N) is 1. The maximum absolute atomic E-state index is 10.4. The molecular weight excluding hydrogens is 186 g/mol. The van der Waals surface area contributed by atoms with Crippen LogP contribution in [0.5, 0.6) is 0 Å². The fourth-order valence-corrected chi connectivity index (χ4v) is 3.05. The Morgan fingerprint density at radius 2 is 2.07 bits per heavy atom. The summed E-state index contributed by atoms with van der Waals surface area (Å²) in [5.41, 5.74) is 2.09. The van der Waals surface area contributed by atoms with Crippen LogP contribution in [0.25, 0.3) is 0 Å². The standard InChI is InChI=1S/C13H17NO/c1-9-7-13(15,8-9)12-6-10-4-2-3-5-11(10)14-12/h2-5,9,12,14-15H,6-8H2,1H3. The number of fused-ring (bicyclic) bond motifs is 1. The first kappa shape index (κ1) is 9.22. The van der Waals surface area contributed by atoms with Crippen LogP contribution < -0.4 is 5.32 Å². The maximum Gasteiger partial charge on any atom is 0.0856 e. The molecule has 2 N–H and O–H groups in total. The summed E-state index contributed by atoms with van der Waals surface area (Å²) >= 11 is 0. The molecule has 2 aliphatic rings. The van der Waals surface area contributed by atoms with Crippen LogP contribution in [0.15, 0.2) is 24.3 Å². The van der Waals surface area contributed by atoms with Crippen LogP contribution >= 0.6 is 0 Å². The maximum atomic E-state index is 10.4. The van der Waals surface area contributed by atoms with Crippen molar-refractivity contribution in [2.75, 3.05) is 5.32 Å². The van der Waals surface area contributed by atoms with Crippen molar-refractivity contribution in [2.45, 2.75) is 37.8 Å². The average molecular weight is 203 g/mol. The van der Waals surface area contributed by atoms with Gasteiger partial charge in [0.15, 0.2) is 0 Å². The van der Waals surface area contributed by atoms with Crippen molar-refractivity contribution >= 4 is 5.69 Å². The van der Waals surface area contributed by atoms with Gasteiger partial charge in [-0.15, -0.1) is 0 Å². The van der Waals surface area contributed by atoms with E-state index in [1.807, 2.05) is 6.07 Å². The van der Waals surface area contributed by atoms with Gasteiger partial charge >= 0.3 is 0 Å². The number of rotatable bonds is 1. The molecule has 1 aliphatic carbocycles. The van der Waals surface area contributed by atoms with E-state index in [9.17, 15) is 5.11 Å². The minimum absolute atomic E-state index is 0.228. The van der Waals surface area contributed by atoms with Crippen molar-refractivity contribution < 1.29 is 5.11 Å². The van der Waals surface area contributed by atoms with E-state index in [0.29, 0.717) is 5.92 Å². The first-order valence-corrected chi connectivity index (χ1v) is 5.74. The van der Waals surface area contributed by atoms with Gasteiger partial charge < -0.3 is 10.4 Å². The van der Waals surface area contributed by atoms with Gasteiger partial charge in [-0.3, -0.25) is 0 Å². The molecule has 1 saturated carbocycles. The Bertz CT molecular complexity index is 357. The Kier molecular flexibility index (Phi) is 1.84. The molecule has 1 unspecified atom stereocenters. The molecule has 0 radical (unpaired) electrons. The molecular formula is C13H17NO. The van der Waals surface area contributed by atoms with Gasteiger partial charge in [-0.2, -0.15) is 0 Å². The summed E-state index contributed by atoms with van der Waals surface area (Å²) in [6.45, 7) is 2.20. The lowest BCUT2D eigenvalue weighted by atomic mass is 9.67. The van der Waals surface area contributed by atoms with Crippen LogP contribution in [-0.4, -0.2) is 16.7 Å². The highest BCUT2D eigenvalue weighted by Gasteiger charge is 2.48. The molecule has 0 aromatic heterocycles. The van der Waals surface area contributed by atoms with Crippen LogP contribution in [0, 0.1) is 5.92 Å². The van der Waals surface area contributed by atoms with E-state index in [1.54, 1.807) is 0 Å². The van der Waals surface area contributed by atoms with Crippen molar-refractivity contribution in [2.24, 2.45) is 5.92 Å². The van der Waals surface area contributed by atoms with Gasteiger partial charge in [-0.25, -0.2) is 0 Å². The van der Waals surface area contributed by atoms with Gasteiger partial charge in [-0.1, -0.05) is 25.1 Å². The summed E-state index contributed by atoms with van der Waals surface area (Å²) in [7, 11) is 0. The lowest BCUT2D eigenvalue weighted by Gasteiger charge is -2.46. The number of para-hydroxylation sites is 1. The Labute approximate surface area is 90.3 Å². The Morgan fingerprint density at radius 3 is 2.73 bits per heavy atom. The molecule has 0 saturated heterocycles. The summed E-state index contributed by atoms with van der Waals surface area (Å²) in [4.78, 5) is 0. The molecule has 1 fully saturated rings. The molecule has 2 heteroatoms. The highest BCUT2D eigenvalue weighted by atomic mass is 16.3. The first-order valence-electron chi connectivity index (χ1n) is 5.74. The third-order valence-corrected chi connectivity index (χ3v) is 3.82. The second-order valence-electron chi connectivity index (χ2n) is 5.18. The average Bonchev–Trinajstić information content (AvgIpc) is 2.59. The van der Waals surface area contributed by atoms with Crippen LogP contribution in [0.4, 0.5) is 5.69 Å². The molecule has 0 spiro atoms. The van der Waals surface area contributed by atoms with Crippen molar-refractivity contribution in [1.82, 2.24) is 0 Å². The zero-order valence-electron chi connectivity index (χ0n) is 9.03. The Balaban J connectivity index is 1.79. The highest BCUT2D eigenvalue weighted by Crippen LogP contribution is 2.44. The van der Waals surface area contributed by atoms with Crippen molar-refractivity contribution in [3.8, 4) is 0 Å². The smallest absolute Gasteiger partial charge is 0.0856 e. The number of hydrogen-bond acceptors (Lipinski definition) is 2. The molecule has 80 valence electrons. The topological polar surface area (TPSA) is 32.3 Å². The molecule has 0 amide bonds. The second-order valence-corrected chi connectivity index (χ2v) is 5.18. The molecule has 1 aromatic rings. The molecule has 15 heavy (non-hydrogen) atoms. The second kappa shape index (κ2) is 2.99. The monoisotopic (exact) mass is 203 g/mol. The van der Waals surface area contributed by atoms with Crippen molar-refractivity contribution in [3.05, 3.63) is 29.8 Å². The lowest BCUT2D eigenvalue weighted by molar-refractivity contribution is -0.0800. The number of aliphatic hydroxyl groups is 1. The molecule has 1 aromatic carbocycles. The van der Waals surface area contributed by atoms with Gasteiger partial charge in [0.05, 0.1) is 11.6 Å². The predicted molar refractivity (Wildman–Crippen MR) is 60.9 cm³/mol. The molecule has 1 heterocycles. The van der Waals surface area contributed by atoms with E-state index < -0.39 is 5.60 Å². The highest BCUT2D eigenvalue weighted by molar-refractivity contribution is 5.57. The van der Waals surface area contributed by atoms with Gasteiger partial charge in [0.2, 0.25) is 0 Å². The van der Waals surface area contributed by atoms with E-state index in [0.717, 1.165) is 19.3 Å². The first-order chi connectivity index (χ1) is 7.17. The SMILES string of the molecule is CC1CC(O)(C2Cc3ccccc3N2)C1. The quantitative estimate of drug-likeness (QED) is 0.733. The Morgan fingerprint density at radius 1 is 1.33 bits per heavy atom. The van der Waals surface area contributed by atoms with E-state index in [-0.39, 0.29) is 6.04 Å². The summed E-state index contributed by atoms with van der Waals surface area (Å²) in [5.74, 6) is 0.681. The minimum atomic E-state index is -0.460. The zero-order chi connectivity index (χ0) is 10.5. The predicted octanol–water partition coefficient (Wildman–Crippen LogP) is 2.18. The van der Waals surface area contributed by atoms with Crippen LogP contribution in [0.2, 0.25) is 0 Å². The summed E-state index contributed by atoms with van der Waals surface area (Å²) in [6, 6.07) is 8.58.